The molecule has 1 N–H and O–H groups in total. The summed E-state index contributed by atoms with van der Waals surface area (Å²) in [5, 5.41) is 9.44. The molecule has 1 aromatic carbocycles. The highest BCUT2D eigenvalue weighted by Crippen LogP contribution is 2.25. The number of aryl methyl sites for hydroxylation is 1. The Balaban J connectivity index is 2.02. The molecule has 0 aliphatic rings. The summed E-state index contributed by atoms with van der Waals surface area (Å²) in [7, 11) is 0. The van der Waals surface area contributed by atoms with Crippen molar-refractivity contribution in [3.05, 3.63) is 47.9 Å². The van der Waals surface area contributed by atoms with Gasteiger partial charge in [0.25, 0.3) is 0 Å². The number of hydrogen-bond donors (Lipinski definition) is 1. The standard InChI is InChI=1S/C12H12O3/c1-9-6-7-10(15-9)8-14-12-5-3-2-4-11(12)13/h2-7,13H,8H2,1H3. The fourth-order valence-corrected chi connectivity index (χ4v) is 1.29. The van der Waals surface area contributed by atoms with E-state index >= 15 is 0 Å². The van der Waals surface area contributed by atoms with Gasteiger partial charge in [-0.2, -0.15) is 0 Å². The van der Waals surface area contributed by atoms with Gasteiger partial charge in [0, 0.05) is 0 Å². The molecule has 3 nitrogen and oxygen atoms in total. The summed E-state index contributed by atoms with van der Waals surface area (Å²) in [4.78, 5) is 0. The molecular formula is C12H12O3. The molecule has 0 radical (unpaired) electrons. The second-order valence-corrected chi connectivity index (χ2v) is 3.27. The van der Waals surface area contributed by atoms with Crippen molar-refractivity contribution in [2.45, 2.75) is 13.5 Å². The Morgan fingerprint density at radius 2 is 2.00 bits per heavy atom. The molecule has 0 aliphatic carbocycles. The maximum atomic E-state index is 9.44. The van der Waals surface area contributed by atoms with Crippen LogP contribution in [0.3, 0.4) is 0 Å². The minimum absolute atomic E-state index is 0.140. The predicted molar refractivity (Wildman–Crippen MR) is 55.9 cm³/mol. The molecule has 15 heavy (non-hydrogen) atoms. The summed E-state index contributed by atoms with van der Waals surface area (Å²) < 4.78 is 10.7. The third-order valence-corrected chi connectivity index (χ3v) is 2.03. The molecule has 0 unspecified atom stereocenters. The molecule has 0 fully saturated rings. The number of benzene rings is 1. The second kappa shape index (κ2) is 4.09. The fraction of sp³-hybridized carbons (Fsp3) is 0.167. The number of phenols is 1. The van der Waals surface area contributed by atoms with E-state index in [0.717, 1.165) is 11.5 Å². The van der Waals surface area contributed by atoms with E-state index < -0.39 is 0 Å². The summed E-state index contributed by atoms with van der Waals surface area (Å²) >= 11 is 0. The lowest BCUT2D eigenvalue weighted by Gasteiger charge is -2.05. The summed E-state index contributed by atoms with van der Waals surface area (Å²) in [6.07, 6.45) is 0. The molecule has 3 heteroatoms. The molecular weight excluding hydrogens is 192 g/mol. The Morgan fingerprint density at radius 3 is 2.67 bits per heavy atom. The van der Waals surface area contributed by atoms with E-state index in [9.17, 15) is 5.11 Å². The Morgan fingerprint density at radius 1 is 1.20 bits per heavy atom. The van der Waals surface area contributed by atoms with Crippen molar-refractivity contribution in [1.29, 1.82) is 0 Å². The first-order valence-corrected chi connectivity index (χ1v) is 4.72. The minimum Gasteiger partial charge on any atom is -0.504 e. The summed E-state index contributed by atoms with van der Waals surface area (Å²) in [5.41, 5.74) is 0. The number of ether oxygens (including phenoxy) is 1. The highest BCUT2D eigenvalue weighted by atomic mass is 16.5. The average Bonchev–Trinajstić information content (AvgIpc) is 2.63. The van der Waals surface area contributed by atoms with E-state index in [4.69, 9.17) is 9.15 Å². The highest BCUT2D eigenvalue weighted by molar-refractivity contribution is 5.37. The summed E-state index contributed by atoms with van der Waals surface area (Å²) in [5.74, 6) is 2.20. The quantitative estimate of drug-likeness (QED) is 0.835. The summed E-state index contributed by atoms with van der Waals surface area (Å²) in [6.45, 7) is 2.20. The van der Waals surface area contributed by atoms with Crippen molar-refractivity contribution in [2.75, 3.05) is 0 Å². The van der Waals surface area contributed by atoms with Crippen LogP contribution in [0.25, 0.3) is 0 Å². The SMILES string of the molecule is Cc1ccc(COc2ccccc2O)o1. The molecule has 0 atom stereocenters. The zero-order valence-electron chi connectivity index (χ0n) is 8.43. The topological polar surface area (TPSA) is 42.6 Å². The summed E-state index contributed by atoms with van der Waals surface area (Å²) in [6, 6.07) is 10.6. The smallest absolute Gasteiger partial charge is 0.161 e. The van der Waals surface area contributed by atoms with Crippen molar-refractivity contribution in [3.63, 3.8) is 0 Å². The number of phenolic OH excluding ortho intramolecular Hbond substituents is 1. The lowest BCUT2D eigenvalue weighted by atomic mass is 10.3. The number of hydrogen-bond acceptors (Lipinski definition) is 3. The molecule has 0 amide bonds. The van der Waals surface area contributed by atoms with Crippen molar-refractivity contribution >= 4 is 0 Å². The largest absolute Gasteiger partial charge is 0.504 e. The second-order valence-electron chi connectivity index (χ2n) is 3.27. The van der Waals surface area contributed by atoms with E-state index in [1.165, 1.54) is 0 Å². The first kappa shape index (κ1) is 9.65. The van der Waals surface area contributed by atoms with Gasteiger partial charge in [0.1, 0.15) is 18.1 Å². The van der Waals surface area contributed by atoms with Gasteiger partial charge in [0.05, 0.1) is 0 Å². The van der Waals surface area contributed by atoms with Crippen LogP contribution in [-0.4, -0.2) is 5.11 Å². The van der Waals surface area contributed by atoms with Gasteiger partial charge in [-0.15, -0.1) is 0 Å². The normalized spacial score (nSPS) is 10.2. The van der Waals surface area contributed by atoms with Crippen LogP contribution in [0.4, 0.5) is 0 Å². The highest BCUT2D eigenvalue weighted by Gasteiger charge is 2.03. The van der Waals surface area contributed by atoms with Gasteiger partial charge in [0.15, 0.2) is 11.5 Å². The molecule has 0 aliphatic heterocycles. The molecule has 0 saturated carbocycles. The average molecular weight is 204 g/mol. The van der Waals surface area contributed by atoms with Crippen molar-refractivity contribution in [3.8, 4) is 11.5 Å². The van der Waals surface area contributed by atoms with Gasteiger partial charge in [-0.1, -0.05) is 12.1 Å². The van der Waals surface area contributed by atoms with Gasteiger partial charge in [-0.25, -0.2) is 0 Å². The van der Waals surface area contributed by atoms with Crippen LogP contribution in [0.2, 0.25) is 0 Å². The Kier molecular flexibility index (Phi) is 2.63. The van der Waals surface area contributed by atoms with Gasteiger partial charge < -0.3 is 14.3 Å². The lowest BCUT2D eigenvalue weighted by molar-refractivity contribution is 0.256. The Bertz CT molecular complexity index is 446. The van der Waals surface area contributed by atoms with Gasteiger partial charge >= 0.3 is 0 Å². The van der Waals surface area contributed by atoms with Crippen LogP contribution >= 0.6 is 0 Å². The third kappa shape index (κ3) is 2.31. The number of para-hydroxylation sites is 2. The van der Waals surface area contributed by atoms with Gasteiger partial charge in [-0.05, 0) is 31.2 Å². The van der Waals surface area contributed by atoms with Crippen molar-refractivity contribution in [2.24, 2.45) is 0 Å². The Labute approximate surface area is 87.9 Å². The van der Waals surface area contributed by atoms with Crippen LogP contribution in [-0.2, 0) is 6.61 Å². The maximum absolute atomic E-state index is 9.44. The molecule has 0 spiro atoms. The number of aromatic hydroxyl groups is 1. The van der Waals surface area contributed by atoms with Crippen LogP contribution in [0, 0.1) is 6.92 Å². The maximum Gasteiger partial charge on any atom is 0.161 e. The van der Waals surface area contributed by atoms with E-state index in [2.05, 4.69) is 0 Å². The van der Waals surface area contributed by atoms with E-state index in [1.54, 1.807) is 18.2 Å². The fourth-order valence-electron chi connectivity index (χ4n) is 1.29. The van der Waals surface area contributed by atoms with E-state index in [0.29, 0.717) is 12.4 Å². The molecule has 0 bridgehead atoms. The molecule has 0 saturated heterocycles. The molecule has 2 aromatic rings. The van der Waals surface area contributed by atoms with Gasteiger partial charge in [0.2, 0.25) is 0 Å². The predicted octanol–water partition coefficient (Wildman–Crippen LogP) is 2.87. The van der Waals surface area contributed by atoms with Crippen LogP contribution in [0.1, 0.15) is 11.5 Å². The Hall–Kier alpha value is -1.90. The first-order valence-electron chi connectivity index (χ1n) is 4.72. The molecule has 78 valence electrons. The van der Waals surface area contributed by atoms with Crippen molar-refractivity contribution < 1.29 is 14.3 Å². The zero-order chi connectivity index (χ0) is 10.7. The van der Waals surface area contributed by atoms with E-state index in [1.807, 2.05) is 25.1 Å². The molecule has 2 rings (SSSR count). The molecule has 1 heterocycles. The first-order chi connectivity index (χ1) is 7.25. The number of rotatable bonds is 3. The van der Waals surface area contributed by atoms with Crippen LogP contribution in [0.15, 0.2) is 40.8 Å². The molecule has 1 aromatic heterocycles. The van der Waals surface area contributed by atoms with Crippen molar-refractivity contribution in [1.82, 2.24) is 0 Å². The lowest BCUT2D eigenvalue weighted by Crippen LogP contribution is -1.93. The number of furan rings is 1. The minimum atomic E-state index is 0.140. The monoisotopic (exact) mass is 204 g/mol. The third-order valence-electron chi connectivity index (χ3n) is 2.03. The van der Waals surface area contributed by atoms with E-state index in [-0.39, 0.29) is 5.75 Å². The van der Waals surface area contributed by atoms with Gasteiger partial charge in [-0.3, -0.25) is 0 Å². The zero-order valence-corrected chi connectivity index (χ0v) is 8.43. The van der Waals surface area contributed by atoms with Crippen LogP contribution < -0.4 is 4.74 Å². The van der Waals surface area contributed by atoms with Crippen LogP contribution in [0.5, 0.6) is 11.5 Å².